The zero-order chi connectivity index (χ0) is 19.7. The highest BCUT2D eigenvalue weighted by Gasteiger charge is 2.13. The van der Waals surface area contributed by atoms with Gasteiger partial charge in [-0.2, -0.15) is 0 Å². The Morgan fingerprint density at radius 3 is 2.56 bits per heavy atom. The van der Waals surface area contributed by atoms with Gasteiger partial charge in [-0.25, -0.2) is 8.42 Å². The maximum absolute atomic E-state index is 12.3. The van der Waals surface area contributed by atoms with E-state index in [1.165, 1.54) is 9.75 Å². The molecule has 0 amide bonds. The number of rotatable bonds is 9. The summed E-state index contributed by atoms with van der Waals surface area (Å²) in [5.41, 5.74) is 0. The zero-order valence-corrected chi connectivity index (χ0v) is 17.9. The first-order valence-electron chi connectivity index (χ1n) is 9.28. The summed E-state index contributed by atoms with van der Waals surface area (Å²) < 4.78 is 24.6. The molecule has 1 heterocycles. The standard InChI is InChI=1S/C20H29N3O2S2/c1-4-21-20(23-16(2)15-18-12-11-17(3)26-18)22-13-8-14-27(24,25)19-9-6-5-7-10-19/h5-7,9-12,16H,4,8,13-15H2,1-3H3,(H2,21,22,23). The van der Waals surface area contributed by atoms with Crippen molar-refractivity contribution < 1.29 is 8.42 Å². The largest absolute Gasteiger partial charge is 0.357 e. The van der Waals surface area contributed by atoms with E-state index < -0.39 is 9.84 Å². The molecule has 1 unspecified atom stereocenters. The average Bonchev–Trinajstić information content (AvgIpc) is 3.04. The second-order valence-corrected chi connectivity index (χ2v) is 9.99. The Hall–Kier alpha value is -1.86. The van der Waals surface area contributed by atoms with Crippen molar-refractivity contribution in [2.45, 2.75) is 44.6 Å². The van der Waals surface area contributed by atoms with E-state index in [4.69, 9.17) is 0 Å². The highest BCUT2D eigenvalue weighted by Crippen LogP contribution is 2.16. The van der Waals surface area contributed by atoms with Crippen LogP contribution < -0.4 is 10.6 Å². The molecular weight excluding hydrogens is 378 g/mol. The van der Waals surface area contributed by atoms with Crippen LogP contribution in [0.4, 0.5) is 0 Å². The van der Waals surface area contributed by atoms with Crippen LogP contribution in [-0.4, -0.2) is 39.3 Å². The molecule has 2 aromatic rings. The molecule has 0 saturated heterocycles. The lowest BCUT2D eigenvalue weighted by Crippen LogP contribution is -2.43. The van der Waals surface area contributed by atoms with Gasteiger partial charge in [-0.05, 0) is 51.5 Å². The molecule has 0 fully saturated rings. The van der Waals surface area contributed by atoms with Crippen LogP contribution in [-0.2, 0) is 16.3 Å². The average molecular weight is 408 g/mol. The van der Waals surface area contributed by atoms with Crippen LogP contribution in [0.3, 0.4) is 0 Å². The quantitative estimate of drug-likeness (QED) is 0.380. The smallest absolute Gasteiger partial charge is 0.191 e. The lowest BCUT2D eigenvalue weighted by Gasteiger charge is -2.17. The van der Waals surface area contributed by atoms with E-state index in [9.17, 15) is 8.42 Å². The van der Waals surface area contributed by atoms with Crippen molar-refractivity contribution in [3.8, 4) is 0 Å². The zero-order valence-electron chi connectivity index (χ0n) is 16.2. The Morgan fingerprint density at radius 2 is 1.93 bits per heavy atom. The van der Waals surface area contributed by atoms with E-state index in [-0.39, 0.29) is 11.8 Å². The molecule has 1 atom stereocenters. The molecular formula is C20H29N3O2S2. The van der Waals surface area contributed by atoms with Gasteiger partial charge >= 0.3 is 0 Å². The van der Waals surface area contributed by atoms with E-state index >= 15 is 0 Å². The predicted molar refractivity (Wildman–Crippen MR) is 114 cm³/mol. The Labute approximate surface area is 166 Å². The third-order valence-corrected chi connectivity index (χ3v) is 6.81. The van der Waals surface area contributed by atoms with Gasteiger partial charge in [-0.1, -0.05) is 18.2 Å². The van der Waals surface area contributed by atoms with Gasteiger partial charge in [0.1, 0.15) is 0 Å². The van der Waals surface area contributed by atoms with Crippen molar-refractivity contribution >= 4 is 27.1 Å². The molecule has 0 aliphatic rings. The van der Waals surface area contributed by atoms with E-state index in [2.05, 4.69) is 41.6 Å². The first-order chi connectivity index (χ1) is 12.9. The fourth-order valence-electron chi connectivity index (χ4n) is 2.69. The topological polar surface area (TPSA) is 70.6 Å². The van der Waals surface area contributed by atoms with Gasteiger partial charge in [0.05, 0.1) is 10.6 Å². The van der Waals surface area contributed by atoms with Gasteiger partial charge in [0, 0.05) is 35.3 Å². The van der Waals surface area contributed by atoms with Crippen molar-refractivity contribution in [3.63, 3.8) is 0 Å². The van der Waals surface area contributed by atoms with Gasteiger partial charge in [0.2, 0.25) is 0 Å². The van der Waals surface area contributed by atoms with Crippen molar-refractivity contribution in [3.05, 3.63) is 52.2 Å². The molecule has 2 N–H and O–H groups in total. The molecule has 0 aliphatic carbocycles. The fraction of sp³-hybridized carbons (Fsp3) is 0.450. The summed E-state index contributed by atoms with van der Waals surface area (Å²) in [7, 11) is -3.24. The maximum atomic E-state index is 12.3. The van der Waals surface area contributed by atoms with Crippen LogP contribution >= 0.6 is 11.3 Å². The van der Waals surface area contributed by atoms with Crippen molar-refractivity contribution in [2.75, 3.05) is 18.8 Å². The number of hydrogen-bond acceptors (Lipinski definition) is 4. The summed E-state index contributed by atoms with van der Waals surface area (Å²) in [5, 5.41) is 6.63. The minimum atomic E-state index is -3.24. The second-order valence-electron chi connectivity index (χ2n) is 6.51. The van der Waals surface area contributed by atoms with Crippen LogP contribution in [0, 0.1) is 6.92 Å². The molecule has 27 heavy (non-hydrogen) atoms. The normalized spacial score (nSPS) is 13.4. The predicted octanol–water partition coefficient (Wildman–Crippen LogP) is 3.41. The molecule has 1 aromatic carbocycles. The van der Waals surface area contributed by atoms with Crippen LogP contribution in [0.2, 0.25) is 0 Å². The lowest BCUT2D eigenvalue weighted by molar-refractivity contribution is 0.593. The minimum absolute atomic E-state index is 0.101. The minimum Gasteiger partial charge on any atom is -0.357 e. The number of thiophene rings is 1. The Balaban J connectivity index is 1.85. The van der Waals surface area contributed by atoms with Crippen molar-refractivity contribution in [2.24, 2.45) is 4.99 Å². The summed E-state index contributed by atoms with van der Waals surface area (Å²) in [5.74, 6) is 0.833. The monoisotopic (exact) mass is 407 g/mol. The highest BCUT2D eigenvalue weighted by atomic mass is 32.2. The SMILES string of the molecule is CCNC(=NCCCS(=O)(=O)c1ccccc1)NC(C)Cc1ccc(C)s1. The summed E-state index contributed by atoms with van der Waals surface area (Å²) in [6.07, 6.45) is 1.43. The number of nitrogens with zero attached hydrogens (tertiary/aromatic N) is 1. The number of guanidine groups is 1. The maximum Gasteiger partial charge on any atom is 0.191 e. The first kappa shape index (κ1) is 21.4. The molecule has 1 aromatic heterocycles. The second kappa shape index (κ2) is 10.5. The Morgan fingerprint density at radius 1 is 1.19 bits per heavy atom. The molecule has 0 radical (unpaired) electrons. The van der Waals surface area contributed by atoms with Crippen LogP contribution in [0.1, 0.15) is 30.0 Å². The van der Waals surface area contributed by atoms with Gasteiger partial charge in [0.25, 0.3) is 0 Å². The number of hydrogen-bond donors (Lipinski definition) is 2. The van der Waals surface area contributed by atoms with E-state index in [1.54, 1.807) is 24.3 Å². The molecule has 0 spiro atoms. The van der Waals surface area contributed by atoms with E-state index in [1.807, 2.05) is 24.3 Å². The van der Waals surface area contributed by atoms with Gasteiger partial charge in [-0.3, -0.25) is 4.99 Å². The van der Waals surface area contributed by atoms with Gasteiger partial charge in [-0.15, -0.1) is 11.3 Å². The molecule has 0 saturated carbocycles. The number of benzene rings is 1. The van der Waals surface area contributed by atoms with Crippen molar-refractivity contribution in [1.82, 2.24) is 10.6 Å². The number of sulfone groups is 1. The van der Waals surface area contributed by atoms with Gasteiger partial charge < -0.3 is 10.6 Å². The van der Waals surface area contributed by atoms with Crippen LogP contribution in [0.25, 0.3) is 0 Å². The number of aliphatic imine (C=N–C) groups is 1. The first-order valence-corrected chi connectivity index (χ1v) is 11.8. The van der Waals surface area contributed by atoms with Crippen LogP contribution in [0.15, 0.2) is 52.4 Å². The summed E-state index contributed by atoms with van der Waals surface area (Å²) in [6.45, 7) is 7.48. The lowest BCUT2D eigenvalue weighted by atomic mass is 10.2. The number of nitrogens with one attached hydrogen (secondary N) is 2. The van der Waals surface area contributed by atoms with E-state index in [0.717, 1.165) is 18.9 Å². The third-order valence-electron chi connectivity index (χ3n) is 3.97. The fourth-order valence-corrected chi connectivity index (χ4v) is 5.03. The van der Waals surface area contributed by atoms with Crippen molar-refractivity contribution in [1.29, 1.82) is 0 Å². The molecule has 2 rings (SSSR count). The Kier molecular flexibility index (Phi) is 8.31. The van der Waals surface area contributed by atoms with Gasteiger partial charge in [0.15, 0.2) is 15.8 Å². The summed E-state index contributed by atoms with van der Waals surface area (Å²) in [4.78, 5) is 7.57. The molecule has 148 valence electrons. The van der Waals surface area contributed by atoms with E-state index in [0.29, 0.717) is 17.9 Å². The third kappa shape index (κ3) is 7.34. The number of aryl methyl sites for hydroxylation is 1. The van der Waals surface area contributed by atoms with Crippen LogP contribution in [0.5, 0.6) is 0 Å². The molecule has 5 nitrogen and oxygen atoms in total. The Bertz CT molecular complexity index is 830. The molecule has 0 bridgehead atoms. The molecule has 7 heteroatoms. The summed E-state index contributed by atoms with van der Waals surface area (Å²) >= 11 is 1.81. The molecule has 0 aliphatic heterocycles. The highest BCUT2D eigenvalue weighted by molar-refractivity contribution is 7.91. The summed E-state index contributed by atoms with van der Waals surface area (Å²) in [6, 6.07) is 13.1.